The predicted octanol–water partition coefficient (Wildman–Crippen LogP) is 2.89. The molecule has 1 aliphatic carbocycles. The zero-order chi connectivity index (χ0) is 19.4. The number of carbonyl (C=O) groups excluding carboxylic acids is 1. The van der Waals surface area contributed by atoms with Crippen molar-refractivity contribution in [2.24, 2.45) is 11.5 Å². The van der Waals surface area contributed by atoms with Crippen LogP contribution < -0.4 is 16.2 Å². The summed E-state index contributed by atoms with van der Waals surface area (Å²) in [5, 5.41) is -0.0708. The van der Waals surface area contributed by atoms with Gasteiger partial charge in [-0.2, -0.15) is 0 Å². The van der Waals surface area contributed by atoms with Crippen molar-refractivity contribution in [2.45, 2.75) is 25.7 Å². The normalized spacial score (nSPS) is 18.7. The number of rotatable bonds is 5. The molecule has 0 radical (unpaired) electrons. The van der Waals surface area contributed by atoms with E-state index in [4.69, 9.17) is 37.3 Å². The molecule has 0 atom stereocenters. The lowest BCUT2D eigenvalue weighted by Gasteiger charge is -2.26. The lowest BCUT2D eigenvalue weighted by atomic mass is 10.1. The summed E-state index contributed by atoms with van der Waals surface area (Å²) in [6.45, 7) is 3.75. The summed E-state index contributed by atoms with van der Waals surface area (Å²) in [6.07, 6.45) is 2.96. The van der Waals surface area contributed by atoms with Crippen LogP contribution in [0.1, 0.15) is 29.9 Å². The minimum atomic E-state index is -0.554. The van der Waals surface area contributed by atoms with Crippen LogP contribution in [0.4, 0.5) is 4.79 Å². The van der Waals surface area contributed by atoms with Crippen LogP contribution in [0.2, 0.25) is 0 Å². The fourth-order valence-corrected chi connectivity index (χ4v) is 2.97. The Labute approximate surface area is 163 Å². The first-order valence-corrected chi connectivity index (χ1v) is 9.27. The maximum absolute atomic E-state index is 12.4. The number of para-hydroxylation sites is 1. The van der Waals surface area contributed by atoms with E-state index >= 15 is 0 Å². The number of ether oxygens (including phenoxy) is 3. The molecule has 2 fully saturated rings. The summed E-state index contributed by atoms with van der Waals surface area (Å²) < 4.78 is 16.6. The van der Waals surface area contributed by atoms with Gasteiger partial charge in [0.1, 0.15) is 10.9 Å². The number of aryl methyl sites for hydroxylation is 1. The van der Waals surface area contributed by atoms with Crippen LogP contribution in [0.3, 0.4) is 0 Å². The van der Waals surface area contributed by atoms with Crippen molar-refractivity contribution in [2.75, 3.05) is 26.3 Å². The number of hydrogen-bond acceptors (Lipinski definition) is 6. The lowest BCUT2D eigenvalue weighted by Crippen LogP contribution is -2.41. The monoisotopic (exact) mass is 393 g/mol. The van der Waals surface area contributed by atoms with Crippen molar-refractivity contribution < 1.29 is 19.0 Å². The first-order chi connectivity index (χ1) is 13.0. The molecule has 1 aromatic rings. The van der Waals surface area contributed by atoms with Gasteiger partial charge in [0, 0.05) is 19.2 Å². The van der Waals surface area contributed by atoms with Crippen molar-refractivity contribution in [1.82, 2.24) is 4.90 Å². The molecule has 1 saturated heterocycles. The molecule has 0 unspecified atom stereocenters. The van der Waals surface area contributed by atoms with E-state index in [1.165, 1.54) is 11.0 Å². The molecular formula is C19H24ClN3O4. The molecule has 0 bridgehead atoms. The van der Waals surface area contributed by atoms with Gasteiger partial charge in [0.15, 0.2) is 5.76 Å². The zero-order valence-electron chi connectivity index (χ0n) is 15.2. The molecule has 3 rings (SSSR count). The number of carbonyl (C=O) groups is 1. The van der Waals surface area contributed by atoms with E-state index in [1.807, 2.05) is 25.1 Å². The summed E-state index contributed by atoms with van der Waals surface area (Å²) >= 11 is 5.78. The van der Waals surface area contributed by atoms with E-state index in [0.29, 0.717) is 38.0 Å². The molecule has 1 saturated carbocycles. The first kappa shape index (κ1) is 19.4. The third kappa shape index (κ3) is 5.08. The van der Waals surface area contributed by atoms with E-state index in [-0.39, 0.29) is 16.8 Å². The summed E-state index contributed by atoms with van der Waals surface area (Å²) in [7, 11) is 0. The molecule has 1 aliphatic heterocycles. The Balaban J connectivity index is 1.83. The van der Waals surface area contributed by atoms with Crippen molar-refractivity contribution in [3.63, 3.8) is 0 Å². The van der Waals surface area contributed by atoms with Gasteiger partial charge in [0.2, 0.25) is 5.88 Å². The third-order valence-corrected chi connectivity index (χ3v) is 4.56. The number of halogens is 1. The van der Waals surface area contributed by atoms with Gasteiger partial charge in [-0.15, -0.1) is 0 Å². The fraction of sp³-hybridized carbons (Fsp3) is 0.421. The Hall–Kier alpha value is -2.38. The minimum Gasteiger partial charge on any atom is -0.437 e. The number of nitrogens with two attached hydrogens (primary N) is 2. The SMILES string of the molecule is Cc1cccc(C2CC2)c1O/C(N)=C(/C=C(\N)Cl)OC(=O)N1CCOCC1. The minimum absolute atomic E-state index is 0.0241. The van der Waals surface area contributed by atoms with E-state index in [1.54, 1.807) is 0 Å². The molecule has 146 valence electrons. The molecule has 4 N–H and O–H groups in total. The van der Waals surface area contributed by atoms with Crippen LogP contribution in [-0.2, 0) is 9.47 Å². The Bertz CT molecular complexity index is 764. The Morgan fingerprint density at radius 2 is 2.00 bits per heavy atom. The molecule has 0 aromatic heterocycles. The molecule has 8 heteroatoms. The summed E-state index contributed by atoms with van der Waals surface area (Å²) in [5.74, 6) is 1.06. The van der Waals surface area contributed by atoms with Gasteiger partial charge in [-0.3, -0.25) is 0 Å². The van der Waals surface area contributed by atoms with Crippen LogP contribution in [0, 0.1) is 6.92 Å². The van der Waals surface area contributed by atoms with E-state index < -0.39 is 6.09 Å². The van der Waals surface area contributed by atoms with Crippen LogP contribution in [0.25, 0.3) is 0 Å². The zero-order valence-corrected chi connectivity index (χ0v) is 16.0. The number of amides is 1. The van der Waals surface area contributed by atoms with E-state index in [9.17, 15) is 4.79 Å². The number of allylic oxidation sites excluding steroid dienone is 1. The van der Waals surface area contributed by atoms with Crippen molar-refractivity contribution in [1.29, 1.82) is 0 Å². The summed E-state index contributed by atoms with van der Waals surface area (Å²) in [4.78, 5) is 13.9. The topological polar surface area (TPSA) is 100 Å². The first-order valence-electron chi connectivity index (χ1n) is 8.90. The highest BCUT2D eigenvalue weighted by molar-refractivity contribution is 6.29. The Morgan fingerprint density at radius 1 is 1.30 bits per heavy atom. The van der Waals surface area contributed by atoms with Crippen LogP contribution in [0.15, 0.2) is 41.1 Å². The van der Waals surface area contributed by atoms with Crippen LogP contribution in [0.5, 0.6) is 5.75 Å². The van der Waals surface area contributed by atoms with Gasteiger partial charge >= 0.3 is 6.09 Å². The molecule has 7 nitrogen and oxygen atoms in total. The van der Waals surface area contributed by atoms with Gasteiger partial charge in [0.25, 0.3) is 0 Å². The molecule has 2 aliphatic rings. The fourth-order valence-electron chi connectivity index (χ4n) is 2.87. The lowest BCUT2D eigenvalue weighted by molar-refractivity contribution is 0.0349. The van der Waals surface area contributed by atoms with Gasteiger partial charge < -0.3 is 30.6 Å². The average molecular weight is 394 g/mol. The molecule has 1 heterocycles. The maximum Gasteiger partial charge on any atom is 0.415 e. The van der Waals surface area contributed by atoms with Gasteiger partial charge in [0.05, 0.1) is 13.2 Å². The summed E-state index contributed by atoms with van der Waals surface area (Å²) in [5.41, 5.74) is 13.7. The highest BCUT2D eigenvalue weighted by atomic mass is 35.5. The standard InChI is InChI=1S/C19H24ClN3O4/c1-12-3-2-4-14(13-5-6-13)17(12)27-18(22)15(11-16(20)21)26-19(24)23-7-9-25-10-8-23/h2-4,11,13H,5-10,21-22H2,1H3/b16-11-,18-15-. The highest BCUT2D eigenvalue weighted by Crippen LogP contribution is 2.45. The second-order valence-electron chi connectivity index (χ2n) is 6.59. The van der Waals surface area contributed by atoms with E-state index in [2.05, 4.69) is 0 Å². The maximum atomic E-state index is 12.4. The van der Waals surface area contributed by atoms with Gasteiger partial charge in [-0.05, 0) is 36.8 Å². The molecule has 27 heavy (non-hydrogen) atoms. The van der Waals surface area contributed by atoms with Crippen LogP contribution in [-0.4, -0.2) is 37.3 Å². The van der Waals surface area contributed by atoms with E-state index in [0.717, 1.165) is 24.0 Å². The summed E-state index contributed by atoms with van der Waals surface area (Å²) in [6, 6.07) is 5.96. The van der Waals surface area contributed by atoms with Gasteiger partial charge in [-0.1, -0.05) is 29.8 Å². The second kappa shape index (κ2) is 8.54. The number of morpholine rings is 1. The average Bonchev–Trinajstić information content (AvgIpc) is 3.48. The molecule has 1 aromatic carbocycles. The highest BCUT2D eigenvalue weighted by Gasteiger charge is 2.28. The van der Waals surface area contributed by atoms with Gasteiger partial charge in [-0.25, -0.2) is 4.79 Å². The number of benzene rings is 1. The third-order valence-electron chi connectivity index (χ3n) is 4.45. The molecule has 0 spiro atoms. The number of nitrogens with zero attached hydrogens (tertiary/aromatic N) is 1. The second-order valence-corrected chi connectivity index (χ2v) is 7.03. The number of hydrogen-bond donors (Lipinski definition) is 2. The molecule has 1 amide bonds. The van der Waals surface area contributed by atoms with Crippen molar-refractivity contribution in [3.05, 3.63) is 52.2 Å². The van der Waals surface area contributed by atoms with Crippen molar-refractivity contribution in [3.8, 4) is 5.75 Å². The largest absolute Gasteiger partial charge is 0.437 e. The smallest absolute Gasteiger partial charge is 0.415 e. The Morgan fingerprint density at radius 3 is 2.63 bits per heavy atom. The molecular weight excluding hydrogens is 370 g/mol. The predicted molar refractivity (Wildman–Crippen MR) is 102 cm³/mol. The quantitative estimate of drug-likeness (QED) is 0.453. The van der Waals surface area contributed by atoms with Crippen molar-refractivity contribution >= 4 is 17.7 Å². The Kier molecular flexibility index (Phi) is 6.13. The van der Waals surface area contributed by atoms with Crippen LogP contribution >= 0.6 is 11.6 Å².